The molecule has 0 aromatic heterocycles. The van der Waals surface area contributed by atoms with E-state index in [1.165, 1.54) is 0 Å². The van der Waals surface area contributed by atoms with Crippen LogP contribution >= 0.6 is 11.6 Å². The summed E-state index contributed by atoms with van der Waals surface area (Å²) in [6, 6.07) is 6.96. The van der Waals surface area contributed by atoms with Gasteiger partial charge >= 0.3 is 0 Å². The Balaban J connectivity index is 2.54. The molecule has 0 bridgehead atoms. The lowest BCUT2D eigenvalue weighted by molar-refractivity contribution is -0.120. The molecule has 0 amide bonds. The highest BCUT2D eigenvalue weighted by Gasteiger charge is 2.15. The minimum atomic E-state index is -0.351. The van der Waals surface area contributed by atoms with Gasteiger partial charge in [0.1, 0.15) is 0 Å². The SMILES string of the molecule is CC(C)CC(N)C(=O)Cc1ccc(Cl)cc1. The molecule has 1 aromatic carbocycles. The molecule has 0 radical (unpaired) electrons. The molecule has 1 rings (SSSR count). The molecule has 3 heteroatoms. The minimum Gasteiger partial charge on any atom is -0.321 e. The summed E-state index contributed by atoms with van der Waals surface area (Å²) >= 11 is 5.77. The lowest BCUT2D eigenvalue weighted by atomic mass is 9.97. The largest absolute Gasteiger partial charge is 0.321 e. The van der Waals surface area contributed by atoms with Crippen LogP contribution in [0.25, 0.3) is 0 Å². The van der Waals surface area contributed by atoms with Crippen molar-refractivity contribution in [2.75, 3.05) is 0 Å². The predicted octanol–water partition coefficient (Wildman–Crippen LogP) is 2.83. The number of rotatable bonds is 5. The van der Waals surface area contributed by atoms with E-state index in [9.17, 15) is 4.79 Å². The summed E-state index contributed by atoms with van der Waals surface area (Å²) in [5.41, 5.74) is 6.79. The van der Waals surface area contributed by atoms with E-state index < -0.39 is 0 Å². The standard InChI is InChI=1S/C13H18ClNO/c1-9(2)7-12(15)13(16)8-10-3-5-11(14)6-4-10/h3-6,9,12H,7-8,15H2,1-2H3. The lowest BCUT2D eigenvalue weighted by Crippen LogP contribution is -2.33. The normalized spacial score (nSPS) is 12.8. The molecule has 0 saturated carbocycles. The second-order valence-electron chi connectivity index (χ2n) is 4.51. The van der Waals surface area contributed by atoms with Crippen LogP contribution in [0.5, 0.6) is 0 Å². The van der Waals surface area contributed by atoms with Crippen molar-refractivity contribution in [2.24, 2.45) is 11.7 Å². The smallest absolute Gasteiger partial charge is 0.153 e. The zero-order valence-electron chi connectivity index (χ0n) is 9.74. The van der Waals surface area contributed by atoms with E-state index in [-0.39, 0.29) is 11.8 Å². The topological polar surface area (TPSA) is 43.1 Å². The van der Waals surface area contributed by atoms with Gasteiger partial charge in [-0.2, -0.15) is 0 Å². The Morgan fingerprint density at radius 1 is 1.31 bits per heavy atom. The Kier molecular flexibility index (Phi) is 4.97. The quantitative estimate of drug-likeness (QED) is 0.859. The van der Waals surface area contributed by atoms with Gasteiger partial charge in [-0.05, 0) is 30.0 Å². The molecule has 0 fully saturated rings. The number of hydrogen-bond donors (Lipinski definition) is 1. The third kappa shape index (κ3) is 4.33. The molecule has 16 heavy (non-hydrogen) atoms. The van der Waals surface area contributed by atoms with Gasteiger partial charge in [0.2, 0.25) is 0 Å². The third-order valence-electron chi connectivity index (χ3n) is 2.43. The van der Waals surface area contributed by atoms with Crippen LogP contribution in [-0.2, 0) is 11.2 Å². The van der Waals surface area contributed by atoms with Crippen molar-refractivity contribution in [2.45, 2.75) is 32.7 Å². The van der Waals surface area contributed by atoms with E-state index in [0.29, 0.717) is 17.4 Å². The number of halogens is 1. The van der Waals surface area contributed by atoms with Crippen molar-refractivity contribution in [1.82, 2.24) is 0 Å². The summed E-state index contributed by atoms with van der Waals surface area (Å²) in [6.45, 7) is 4.13. The van der Waals surface area contributed by atoms with Gasteiger partial charge < -0.3 is 5.73 Å². The van der Waals surface area contributed by atoms with E-state index in [0.717, 1.165) is 12.0 Å². The average Bonchev–Trinajstić information content (AvgIpc) is 2.20. The van der Waals surface area contributed by atoms with Crippen LogP contribution in [0, 0.1) is 5.92 Å². The number of Topliss-reactive ketones (excluding diaryl/α,β-unsaturated/α-hetero) is 1. The number of ketones is 1. The molecule has 0 aliphatic heterocycles. The van der Waals surface area contributed by atoms with Crippen LogP contribution < -0.4 is 5.73 Å². The predicted molar refractivity (Wildman–Crippen MR) is 67.6 cm³/mol. The van der Waals surface area contributed by atoms with Crippen LogP contribution in [0.4, 0.5) is 0 Å². The van der Waals surface area contributed by atoms with Crippen molar-refractivity contribution >= 4 is 17.4 Å². The van der Waals surface area contributed by atoms with Gasteiger partial charge in [-0.15, -0.1) is 0 Å². The Labute approximate surface area is 102 Å². The fraction of sp³-hybridized carbons (Fsp3) is 0.462. The molecule has 0 heterocycles. The van der Waals surface area contributed by atoms with Crippen molar-refractivity contribution in [3.05, 3.63) is 34.9 Å². The first-order valence-corrected chi connectivity index (χ1v) is 5.89. The summed E-state index contributed by atoms with van der Waals surface area (Å²) in [7, 11) is 0. The van der Waals surface area contributed by atoms with E-state index in [4.69, 9.17) is 17.3 Å². The van der Waals surface area contributed by atoms with Crippen LogP contribution in [0.2, 0.25) is 5.02 Å². The first kappa shape index (κ1) is 13.2. The highest BCUT2D eigenvalue weighted by Crippen LogP contribution is 2.12. The molecular weight excluding hydrogens is 222 g/mol. The fourth-order valence-corrected chi connectivity index (χ4v) is 1.70. The molecule has 2 nitrogen and oxygen atoms in total. The lowest BCUT2D eigenvalue weighted by Gasteiger charge is -2.12. The Morgan fingerprint density at radius 2 is 1.88 bits per heavy atom. The van der Waals surface area contributed by atoms with Crippen molar-refractivity contribution in [3.63, 3.8) is 0 Å². The zero-order chi connectivity index (χ0) is 12.1. The minimum absolute atomic E-state index is 0.0935. The van der Waals surface area contributed by atoms with Crippen LogP contribution in [0.1, 0.15) is 25.8 Å². The molecule has 0 saturated heterocycles. The van der Waals surface area contributed by atoms with Gasteiger partial charge in [0, 0.05) is 11.4 Å². The zero-order valence-corrected chi connectivity index (χ0v) is 10.5. The average molecular weight is 240 g/mol. The first-order chi connectivity index (χ1) is 7.49. The number of carbonyl (C=O) groups excluding carboxylic acids is 1. The van der Waals surface area contributed by atoms with Crippen LogP contribution in [-0.4, -0.2) is 11.8 Å². The molecule has 1 aromatic rings. The highest BCUT2D eigenvalue weighted by atomic mass is 35.5. The maximum absolute atomic E-state index is 11.8. The van der Waals surface area contributed by atoms with Crippen LogP contribution in [0.3, 0.4) is 0 Å². The van der Waals surface area contributed by atoms with Crippen molar-refractivity contribution < 1.29 is 4.79 Å². The Bertz CT molecular complexity index is 345. The maximum Gasteiger partial charge on any atom is 0.153 e. The number of hydrogen-bond acceptors (Lipinski definition) is 2. The van der Waals surface area contributed by atoms with E-state index >= 15 is 0 Å². The van der Waals surface area contributed by atoms with Gasteiger partial charge in [0.25, 0.3) is 0 Å². The number of carbonyl (C=O) groups is 1. The van der Waals surface area contributed by atoms with Gasteiger partial charge in [0.15, 0.2) is 5.78 Å². The van der Waals surface area contributed by atoms with Gasteiger partial charge in [-0.25, -0.2) is 0 Å². The third-order valence-corrected chi connectivity index (χ3v) is 2.68. The Hall–Kier alpha value is -0.860. The number of nitrogens with two attached hydrogens (primary N) is 1. The van der Waals surface area contributed by atoms with Crippen molar-refractivity contribution in [1.29, 1.82) is 0 Å². The number of benzene rings is 1. The first-order valence-electron chi connectivity index (χ1n) is 5.51. The fourth-order valence-electron chi connectivity index (χ4n) is 1.57. The summed E-state index contributed by atoms with van der Waals surface area (Å²) in [6.07, 6.45) is 1.14. The second-order valence-corrected chi connectivity index (χ2v) is 4.94. The van der Waals surface area contributed by atoms with Crippen molar-refractivity contribution in [3.8, 4) is 0 Å². The van der Waals surface area contributed by atoms with Gasteiger partial charge in [-0.1, -0.05) is 37.6 Å². The summed E-state index contributed by atoms with van der Waals surface area (Å²) in [5.74, 6) is 0.542. The molecule has 2 N–H and O–H groups in total. The molecule has 1 unspecified atom stereocenters. The van der Waals surface area contributed by atoms with E-state index in [1.54, 1.807) is 12.1 Å². The molecule has 0 spiro atoms. The van der Waals surface area contributed by atoms with Gasteiger partial charge in [-0.3, -0.25) is 4.79 Å². The summed E-state index contributed by atoms with van der Waals surface area (Å²) in [5, 5.41) is 0.683. The second kappa shape index (κ2) is 6.02. The maximum atomic E-state index is 11.8. The van der Waals surface area contributed by atoms with Crippen LogP contribution in [0.15, 0.2) is 24.3 Å². The Morgan fingerprint density at radius 3 is 2.38 bits per heavy atom. The molecule has 1 atom stereocenters. The summed E-state index contributed by atoms with van der Waals surface area (Å²) < 4.78 is 0. The molecule has 0 aliphatic carbocycles. The van der Waals surface area contributed by atoms with E-state index in [1.807, 2.05) is 12.1 Å². The van der Waals surface area contributed by atoms with E-state index in [2.05, 4.69) is 13.8 Å². The molecule has 0 aliphatic rings. The molecular formula is C13H18ClNO. The highest BCUT2D eigenvalue weighted by molar-refractivity contribution is 6.30. The summed E-state index contributed by atoms with van der Waals surface area (Å²) in [4.78, 5) is 11.8. The monoisotopic (exact) mass is 239 g/mol. The van der Waals surface area contributed by atoms with Gasteiger partial charge in [0.05, 0.1) is 6.04 Å². The molecule has 88 valence electrons.